The zero-order chi connectivity index (χ0) is 18.0. The molecule has 3 aromatic rings. The van der Waals surface area contributed by atoms with Crippen molar-refractivity contribution in [2.45, 2.75) is 33.4 Å². The average Bonchev–Trinajstić information content (AvgIpc) is 2.94. The molecule has 3 rings (SSSR count). The Bertz CT molecular complexity index is 943. The van der Waals surface area contributed by atoms with Gasteiger partial charge in [0.05, 0.1) is 17.3 Å². The molecule has 1 amide bonds. The smallest absolute Gasteiger partial charge is 0.242 e. The van der Waals surface area contributed by atoms with E-state index in [-0.39, 0.29) is 24.3 Å². The summed E-state index contributed by atoms with van der Waals surface area (Å²) in [5.41, 5.74) is 2.24. The first kappa shape index (κ1) is 16.9. The predicted molar refractivity (Wildman–Crippen MR) is 97.5 cm³/mol. The minimum absolute atomic E-state index is 0.0475. The van der Waals surface area contributed by atoms with Crippen LogP contribution < -0.4 is 5.32 Å². The normalized spacial score (nSPS) is 12.1. The molecule has 128 valence electrons. The Morgan fingerprint density at radius 2 is 1.88 bits per heavy atom. The first-order valence-electron chi connectivity index (χ1n) is 8.27. The van der Waals surface area contributed by atoms with Crippen molar-refractivity contribution >= 4 is 22.5 Å². The van der Waals surface area contributed by atoms with Crippen LogP contribution in [0.5, 0.6) is 0 Å². The highest BCUT2D eigenvalue weighted by atomic mass is 16.2. The first-order chi connectivity index (χ1) is 11.9. The molecule has 1 aromatic heterocycles. The summed E-state index contributed by atoms with van der Waals surface area (Å²) >= 11 is 0. The maximum atomic E-state index is 12.3. The molecule has 0 aliphatic rings. The van der Waals surface area contributed by atoms with Gasteiger partial charge in [0.2, 0.25) is 5.91 Å². The van der Waals surface area contributed by atoms with Gasteiger partial charge in [-0.1, -0.05) is 36.4 Å². The van der Waals surface area contributed by atoms with Gasteiger partial charge < -0.3 is 5.32 Å². The number of aryl methyl sites for hydroxylation is 1. The average molecular weight is 335 g/mol. The van der Waals surface area contributed by atoms with Crippen LogP contribution in [0.25, 0.3) is 10.8 Å². The Hall–Kier alpha value is -2.95. The highest BCUT2D eigenvalue weighted by Crippen LogP contribution is 2.20. The number of ketones is 1. The van der Waals surface area contributed by atoms with Crippen LogP contribution >= 0.6 is 0 Å². The van der Waals surface area contributed by atoms with E-state index in [2.05, 4.69) is 34.7 Å². The summed E-state index contributed by atoms with van der Waals surface area (Å²) in [5.74, 6) is -0.188. The number of carbonyl (C=O) groups is 2. The number of aromatic nitrogens is 2. The first-order valence-corrected chi connectivity index (χ1v) is 8.27. The van der Waals surface area contributed by atoms with E-state index in [0.29, 0.717) is 11.3 Å². The Morgan fingerprint density at radius 1 is 1.16 bits per heavy atom. The van der Waals surface area contributed by atoms with Crippen LogP contribution in [-0.4, -0.2) is 21.5 Å². The monoisotopic (exact) mass is 335 g/mol. The number of amides is 1. The van der Waals surface area contributed by atoms with Gasteiger partial charge in [-0.05, 0) is 43.2 Å². The molecule has 5 heteroatoms. The standard InChI is InChI=1S/C20H21N3O2/c1-13(17-9-8-16-6-4-5-7-18(16)10-17)21-20(25)12-23-11-19(15(3)24)14(2)22-23/h4-11,13H,12H2,1-3H3,(H,21,25)/t13-/m0/s1. The Balaban J connectivity index is 1.69. The van der Waals surface area contributed by atoms with Crippen molar-refractivity contribution in [2.24, 2.45) is 0 Å². The van der Waals surface area contributed by atoms with Gasteiger partial charge in [-0.2, -0.15) is 5.10 Å². The van der Waals surface area contributed by atoms with E-state index in [1.807, 2.05) is 25.1 Å². The summed E-state index contributed by atoms with van der Waals surface area (Å²) in [6.45, 7) is 5.31. The second-order valence-corrected chi connectivity index (χ2v) is 6.28. The zero-order valence-corrected chi connectivity index (χ0v) is 14.6. The van der Waals surface area contributed by atoms with E-state index in [0.717, 1.165) is 10.9 Å². The molecule has 25 heavy (non-hydrogen) atoms. The lowest BCUT2D eigenvalue weighted by atomic mass is 10.0. The van der Waals surface area contributed by atoms with E-state index < -0.39 is 0 Å². The van der Waals surface area contributed by atoms with E-state index in [9.17, 15) is 9.59 Å². The van der Waals surface area contributed by atoms with Gasteiger partial charge in [0.15, 0.2) is 5.78 Å². The van der Waals surface area contributed by atoms with Crippen LogP contribution in [0.1, 0.15) is 41.5 Å². The molecule has 1 heterocycles. The Morgan fingerprint density at radius 3 is 2.56 bits per heavy atom. The Kier molecular flexibility index (Phi) is 4.65. The fourth-order valence-electron chi connectivity index (χ4n) is 2.94. The highest BCUT2D eigenvalue weighted by molar-refractivity contribution is 5.94. The molecular weight excluding hydrogens is 314 g/mol. The predicted octanol–water partition coefficient (Wildman–Crippen LogP) is 3.42. The van der Waals surface area contributed by atoms with Crippen molar-refractivity contribution in [3.8, 4) is 0 Å². The fraction of sp³-hybridized carbons (Fsp3) is 0.250. The summed E-state index contributed by atoms with van der Waals surface area (Å²) < 4.78 is 1.51. The zero-order valence-electron chi connectivity index (χ0n) is 14.6. The number of carbonyl (C=O) groups excluding carboxylic acids is 2. The van der Waals surface area contributed by atoms with E-state index >= 15 is 0 Å². The lowest BCUT2D eigenvalue weighted by molar-refractivity contribution is -0.122. The molecule has 2 aromatic carbocycles. The number of fused-ring (bicyclic) bond motifs is 1. The number of hydrogen-bond donors (Lipinski definition) is 1. The highest BCUT2D eigenvalue weighted by Gasteiger charge is 2.14. The fourth-order valence-corrected chi connectivity index (χ4v) is 2.94. The number of benzene rings is 2. The van der Waals surface area contributed by atoms with Crippen LogP contribution in [0.15, 0.2) is 48.7 Å². The van der Waals surface area contributed by atoms with Crippen molar-refractivity contribution in [3.63, 3.8) is 0 Å². The summed E-state index contributed by atoms with van der Waals surface area (Å²) in [7, 11) is 0. The third kappa shape index (κ3) is 3.76. The molecule has 0 spiro atoms. The molecule has 0 aliphatic heterocycles. The summed E-state index contributed by atoms with van der Waals surface area (Å²) in [5, 5.41) is 9.53. The van der Waals surface area contributed by atoms with Gasteiger partial charge in [-0.3, -0.25) is 14.3 Å². The lowest BCUT2D eigenvalue weighted by Gasteiger charge is -2.15. The molecule has 0 aliphatic carbocycles. The Labute approximate surface area is 146 Å². The topological polar surface area (TPSA) is 64.0 Å². The molecule has 1 N–H and O–H groups in total. The van der Waals surface area contributed by atoms with Gasteiger partial charge in [0.1, 0.15) is 6.54 Å². The molecule has 0 bridgehead atoms. The summed E-state index contributed by atoms with van der Waals surface area (Å²) in [4.78, 5) is 23.8. The second-order valence-electron chi connectivity index (χ2n) is 6.28. The van der Waals surface area contributed by atoms with Gasteiger partial charge in [-0.25, -0.2) is 0 Å². The minimum atomic E-state index is -0.140. The largest absolute Gasteiger partial charge is 0.348 e. The van der Waals surface area contributed by atoms with Crippen LogP contribution in [0.4, 0.5) is 0 Å². The van der Waals surface area contributed by atoms with E-state index in [1.165, 1.54) is 17.0 Å². The molecule has 0 unspecified atom stereocenters. The lowest BCUT2D eigenvalue weighted by Crippen LogP contribution is -2.30. The molecule has 0 radical (unpaired) electrons. The van der Waals surface area contributed by atoms with Crippen molar-refractivity contribution in [3.05, 3.63) is 65.5 Å². The second kappa shape index (κ2) is 6.89. The van der Waals surface area contributed by atoms with Gasteiger partial charge in [0, 0.05) is 6.20 Å². The van der Waals surface area contributed by atoms with Crippen molar-refractivity contribution in [1.29, 1.82) is 0 Å². The maximum absolute atomic E-state index is 12.3. The summed E-state index contributed by atoms with van der Waals surface area (Å²) in [6.07, 6.45) is 1.62. The van der Waals surface area contributed by atoms with Gasteiger partial charge in [-0.15, -0.1) is 0 Å². The molecule has 0 saturated heterocycles. The van der Waals surface area contributed by atoms with E-state index in [4.69, 9.17) is 0 Å². The maximum Gasteiger partial charge on any atom is 0.242 e. The number of hydrogen-bond acceptors (Lipinski definition) is 3. The molecule has 0 fully saturated rings. The van der Waals surface area contributed by atoms with Gasteiger partial charge in [0.25, 0.3) is 0 Å². The van der Waals surface area contributed by atoms with Crippen molar-refractivity contribution < 1.29 is 9.59 Å². The van der Waals surface area contributed by atoms with Crippen LogP contribution in [0, 0.1) is 6.92 Å². The molecular formula is C20H21N3O2. The molecule has 1 atom stereocenters. The van der Waals surface area contributed by atoms with Crippen LogP contribution in [0.2, 0.25) is 0 Å². The van der Waals surface area contributed by atoms with E-state index in [1.54, 1.807) is 13.1 Å². The quantitative estimate of drug-likeness (QED) is 0.727. The molecule has 5 nitrogen and oxygen atoms in total. The van der Waals surface area contributed by atoms with Crippen molar-refractivity contribution in [1.82, 2.24) is 15.1 Å². The third-order valence-electron chi connectivity index (χ3n) is 4.28. The number of Topliss-reactive ketones (excluding diaryl/α,β-unsaturated/α-hetero) is 1. The molecule has 0 saturated carbocycles. The third-order valence-corrected chi connectivity index (χ3v) is 4.28. The number of nitrogens with one attached hydrogen (secondary N) is 1. The minimum Gasteiger partial charge on any atom is -0.348 e. The van der Waals surface area contributed by atoms with Gasteiger partial charge >= 0.3 is 0 Å². The summed E-state index contributed by atoms with van der Waals surface area (Å²) in [6, 6.07) is 14.2. The SMILES string of the molecule is CC(=O)c1cn(CC(=O)N[C@@H](C)c2ccc3ccccc3c2)nc1C. The number of rotatable bonds is 5. The van der Waals surface area contributed by atoms with Crippen molar-refractivity contribution in [2.75, 3.05) is 0 Å². The van der Waals surface area contributed by atoms with Crippen LogP contribution in [-0.2, 0) is 11.3 Å². The van der Waals surface area contributed by atoms with Crippen LogP contribution in [0.3, 0.4) is 0 Å². The number of nitrogens with zero attached hydrogens (tertiary/aromatic N) is 2.